The average Bonchev–Trinajstić information content (AvgIpc) is 2.97. The molecule has 0 radical (unpaired) electrons. The molecule has 0 atom stereocenters. The van der Waals surface area contributed by atoms with Gasteiger partial charge in [-0.05, 0) is 44.0 Å². The van der Waals surface area contributed by atoms with E-state index in [1.807, 2.05) is 26.1 Å². The minimum absolute atomic E-state index is 0.783. The van der Waals surface area contributed by atoms with Gasteiger partial charge in [-0.1, -0.05) is 42.5 Å². The molecule has 0 aliphatic heterocycles. The van der Waals surface area contributed by atoms with Crippen LogP contribution in [0.3, 0.4) is 0 Å². The predicted molar refractivity (Wildman–Crippen MR) is 102 cm³/mol. The molecule has 0 aliphatic carbocycles. The second-order valence-electron chi connectivity index (χ2n) is 5.94. The van der Waals surface area contributed by atoms with Gasteiger partial charge >= 0.3 is 0 Å². The first-order valence-corrected chi connectivity index (χ1v) is 8.49. The summed E-state index contributed by atoms with van der Waals surface area (Å²) in [6.07, 6.45) is 1.83. The van der Waals surface area contributed by atoms with Crippen LogP contribution >= 0.6 is 0 Å². The zero-order valence-corrected chi connectivity index (χ0v) is 14.9. The van der Waals surface area contributed by atoms with Crippen molar-refractivity contribution < 1.29 is 0 Å². The Balaban J connectivity index is 1.72. The van der Waals surface area contributed by atoms with Crippen LogP contribution in [0, 0.1) is 13.8 Å². The maximum absolute atomic E-state index is 4.45. The van der Waals surface area contributed by atoms with Gasteiger partial charge in [0.05, 0.1) is 6.21 Å². The fourth-order valence-electron chi connectivity index (χ4n) is 2.72. The van der Waals surface area contributed by atoms with Crippen molar-refractivity contribution in [2.45, 2.75) is 27.3 Å². The highest BCUT2D eigenvalue weighted by Gasteiger charge is 2.05. The second-order valence-corrected chi connectivity index (χ2v) is 5.94. The quantitative estimate of drug-likeness (QED) is 0.645. The molecule has 0 N–H and O–H groups in total. The third-order valence-corrected chi connectivity index (χ3v) is 4.13. The highest BCUT2D eigenvalue weighted by Crippen LogP contribution is 2.17. The van der Waals surface area contributed by atoms with Crippen LogP contribution in [0.15, 0.2) is 59.7 Å². The molecule has 25 heavy (non-hydrogen) atoms. The summed E-state index contributed by atoms with van der Waals surface area (Å²) in [6, 6.07) is 19.0. The van der Waals surface area contributed by atoms with E-state index in [1.54, 1.807) is 4.68 Å². The van der Waals surface area contributed by atoms with Crippen LogP contribution in [0.5, 0.6) is 0 Å². The molecule has 1 heterocycles. The Bertz CT molecular complexity index is 815. The van der Waals surface area contributed by atoms with E-state index < -0.39 is 0 Å². The van der Waals surface area contributed by atoms with Gasteiger partial charge in [-0.2, -0.15) is 5.10 Å². The lowest BCUT2D eigenvalue weighted by Gasteiger charge is -2.23. The van der Waals surface area contributed by atoms with Crippen molar-refractivity contribution in [1.82, 2.24) is 14.9 Å². The van der Waals surface area contributed by atoms with Crippen LogP contribution in [-0.2, 0) is 6.54 Å². The molecular formula is C20H23N5. The summed E-state index contributed by atoms with van der Waals surface area (Å²) in [5.41, 5.74) is 3.57. The number of benzene rings is 2. The van der Waals surface area contributed by atoms with Crippen molar-refractivity contribution in [3.05, 3.63) is 77.4 Å². The van der Waals surface area contributed by atoms with Gasteiger partial charge in [-0.3, -0.25) is 0 Å². The molecule has 3 aromatic rings. The van der Waals surface area contributed by atoms with Crippen LogP contribution in [0.2, 0.25) is 0 Å². The largest absolute Gasteiger partial charge is 0.367 e. The Labute approximate surface area is 148 Å². The molecule has 2 aromatic carbocycles. The molecule has 0 spiro atoms. The lowest BCUT2D eigenvalue weighted by atomic mass is 10.1. The lowest BCUT2D eigenvalue weighted by molar-refractivity contribution is 0.799. The number of aromatic nitrogens is 3. The number of nitrogens with zero attached hydrogens (tertiary/aromatic N) is 5. The number of aryl methyl sites for hydroxylation is 2. The van der Waals surface area contributed by atoms with E-state index >= 15 is 0 Å². The smallest absolute Gasteiger partial charge is 0.151 e. The number of hydrogen-bond donors (Lipinski definition) is 0. The summed E-state index contributed by atoms with van der Waals surface area (Å²) in [5.74, 6) is 1.57. The highest BCUT2D eigenvalue weighted by molar-refractivity contribution is 5.80. The van der Waals surface area contributed by atoms with E-state index in [2.05, 4.69) is 75.7 Å². The van der Waals surface area contributed by atoms with Crippen molar-refractivity contribution in [1.29, 1.82) is 0 Å². The molecule has 0 aliphatic rings. The molecule has 5 heteroatoms. The fraction of sp³-hybridized carbons (Fsp3) is 0.250. The summed E-state index contributed by atoms with van der Waals surface area (Å²) in [4.78, 5) is 2.35. The van der Waals surface area contributed by atoms with Gasteiger partial charge in [0.25, 0.3) is 0 Å². The summed E-state index contributed by atoms with van der Waals surface area (Å²) in [5, 5.41) is 12.5. The predicted octanol–water partition coefficient (Wildman–Crippen LogP) is 3.80. The van der Waals surface area contributed by atoms with E-state index in [4.69, 9.17) is 0 Å². The van der Waals surface area contributed by atoms with Crippen molar-refractivity contribution in [2.75, 3.05) is 11.4 Å². The summed E-state index contributed by atoms with van der Waals surface area (Å²) in [6.45, 7) is 7.83. The SMILES string of the molecule is CCN(Cc1ccccc1)c1ccc(/C=N\n2c(C)nnc2C)cc1. The van der Waals surface area contributed by atoms with E-state index in [9.17, 15) is 0 Å². The third kappa shape index (κ3) is 4.12. The van der Waals surface area contributed by atoms with Crippen LogP contribution in [0.1, 0.15) is 29.7 Å². The number of rotatable bonds is 6. The van der Waals surface area contributed by atoms with Gasteiger partial charge in [0.1, 0.15) is 0 Å². The molecule has 5 nitrogen and oxygen atoms in total. The van der Waals surface area contributed by atoms with Gasteiger partial charge in [-0.15, -0.1) is 10.2 Å². The van der Waals surface area contributed by atoms with E-state index in [0.29, 0.717) is 0 Å². The first-order chi connectivity index (χ1) is 12.2. The maximum Gasteiger partial charge on any atom is 0.151 e. The van der Waals surface area contributed by atoms with Crippen molar-refractivity contribution >= 4 is 11.9 Å². The molecule has 0 unspecified atom stereocenters. The molecule has 128 valence electrons. The minimum Gasteiger partial charge on any atom is -0.367 e. The Morgan fingerprint density at radius 1 is 0.960 bits per heavy atom. The Kier molecular flexibility index (Phi) is 5.23. The zero-order chi connectivity index (χ0) is 17.6. The minimum atomic E-state index is 0.783. The first kappa shape index (κ1) is 16.9. The van der Waals surface area contributed by atoms with Crippen LogP contribution in [0.4, 0.5) is 5.69 Å². The highest BCUT2D eigenvalue weighted by atomic mass is 15.4. The van der Waals surface area contributed by atoms with Gasteiger partial charge in [0, 0.05) is 18.8 Å². The van der Waals surface area contributed by atoms with E-state index in [1.165, 1.54) is 11.3 Å². The topological polar surface area (TPSA) is 46.3 Å². The molecular weight excluding hydrogens is 310 g/mol. The molecule has 0 fully saturated rings. The molecule has 0 bridgehead atoms. The molecule has 1 aromatic heterocycles. The summed E-state index contributed by atoms with van der Waals surface area (Å²) < 4.78 is 1.74. The Morgan fingerprint density at radius 3 is 2.20 bits per heavy atom. The zero-order valence-electron chi connectivity index (χ0n) is 14.9. The Hall–Kier alpha value is -2.95. The molecule has 0 saturated carbocycles. The van der Waals surface area contributed by atoms with Crippen molar-refractivity contribution in [2.24, 2.45) is 5.10 Å². The van der Waals surface area contributed by atoms with Crippen LogP contribution in [0.25, 0.3) is 0 Å². The fourth-order valence-corrected chi connectivity index (χ4v) is 2.72. The first-order valence-electron chi connectivity index (χ1n) is 8.49. The third-order valence-electron chi connectivity index (χ3n) is 4.13. The standard InChI is InChI=1S/C20H23N5/c1-4-24(15-19-8-6-5-7-9-19)20-12-10-18(11-13-20)14-21-25-16(2)22-23-17(25)3/h5-14H,4,15H2,1-3H3/b21-14-. The maximum atomic E-state index is 4.45. The van der Waals surface area contributed by atoms with E-state index in [-0.39, 0.29) is 0 Å². The normalized spacial score (nSPS) is 11.2. The number of anilines is 1. The Morgan fingerprint density at radius 2 is 1.60 bits per heavy atom. The summed E-state index contributed by atoms with van der Waals surface area (Å²) in [7, 11) is 0. The van der Waals surface area contributed by atoms with Crippen LogP contribution < -0.4 is 4.90 Å². The van der Waals surface area contributed by atoms with Crippen molar-refractivity contribution in [3.8, 4) is 0 Å². The monoisotopic (exact) mass is 333 g/mol. The van der Waals surface area contributed by atoms with Gasteiger partial charge in [0.2, 0.25) is 0 Å². The van der Waals surface area contributed by atoms with Crippen molar-refractivity contribution in [3.63, 3.8) is 0 Å². The van der Waals surface area contributed by atoms with E-state index in [0.717, 1.165) is 30.3 Å². The van der Waals surface area contributed by atoms with Gasteiger partial charge in [0.15, 0.2) is 11.6 Å². The molecule has 3 rings (SSSR count). The second kappa shape index (κ2) is 7.75. The van der Waals surface area contributed by atoms with Gasteiger partial charge in [-0.25, -0.2) is 4.68 Å². The molecule has 0 amide bonds. The van der Waals surface area contributed by atoms with Gasteiger partial charge < -0.3 is 4.90 Å². The van der Waals surface area contributed by atoms with Crippen LogP contribution in [-0.4, -0.2) is 27.6 Å². The number of hydrogen-bond acceptors (Lipinski definition) is 4. The average molecular weight is 333 g/mol. The lowest BCUT2D eigenvalue weighted by Crippen LogP contribution is -2.21. The summed E-state index contributed by atoms with van der Waals surface area (Å²) >= 11 is 0. The molecule has 0 saturated heterocycles.